The molecule has 1 aliphatic carbocycles. The molecule has 21 heavy (non-hydrogen) atoms. The third kappa shape index (κ3) is 2.67. The van der Waals surface area contributed by atoms with E-state index in [-0.39, 0.29) is 0 Å². The summed E-state index contributed by atoms with van der Waals surface area (Å²) in [6.07, 6.45) is 7.13. The van der Waals surface area contributed by atoms with Gasteiger partial charge in [0, 0.05) is 13.0 Å². The van der Waals surface area contributed by atoms with Crippen molar-refractivity contribution in [3.05, 3.63) is 29.6 Å². The maximum Gasteiger partial charge on any atom is 0.337 e. The molecule has 1 saturated carbocycles. The van der Waals surface area contributed by atoms with Crippen molar-refractivity contribution in [2.24, 2.45) is 5.92 Å². The van der Waals surface area contributed by atoms with Crippen molar-refractivity contribution in [3.63, 3.8) is 0 Å². The Morgan fingerprint density at radius 3 is 2.81 bits per heavy atom. The van der Waals surface area contributed by atoms with Crippen LogP contribution < -0.4 is 0 Å². The van der Waals surface area contributed by atoms with Crippen molar-refractivity contribution in [1.29, 1.82) is 0 Å². The number of hydrogen-bond acceptors (Lipinski definition) is 2. The summed E-state index contributed by atoms with van der Waals surface area (Å²) in [5.41, 5.74) is 1.94. The molecule has 0 saturated heterocycles. The van der Waals surface area contributed by atoms with Gasteiger partial charge in [0.25, 0.3) is 0 Å². The Hall–Kier alpha value is -1.84. The van der Waals surface area contributed by atoms with E-state index in [2.05, 4.69) is 16.5 Å². The normalized spacial score (nSPS) is 15.9. The van der Waals surface area contributed by atoms with Crippen LogP contribution in [0.5, 0.6) is 0 Å². The van der Waals surface area contributed by atoms with Gasteiger partial charge in [0.15, 0.2) is 0 Å². The van der Waals surface area contributed by atoms with Crippen LogP contribution in [0.3, 0.4) is 0 Å². The first kappa shape index (κ1) is 14.1. The lowest BCUT2D eigenvalue weighted by Crippen LogP contribution is -2.10. The van der Waals surface area contributed by atoms with Gasteiger partial charge in [-0.3, -0.25) is 0 Å². The minimum atomic E-state index is -0.894. The highest BCUT2D eigenvalue weighted by atomic mass is 16.4. The Kier molecular flexibility index (Phi) is 3.95. The maximum absolute atomic E-state index is 11.4. The first-order valence-corrected chi connectivity index (χ1v) is 7.92. The van der Waals surface area contributed by atoms with E-state index in [1.165, 1.54) is 25.7 Å². The molecule has 2 aromatic rings. The molecule has 0 radical (unpaired) electrons. The number of carbonyl (C=O) groups is 1. The largest absolute Gasteiger partial charge is 0.478 e. The number of aryl methyl sites for hydroxylation is 1. The predicted octanol–water partition coefficient (Wildman–Crippen LogP) is 3.88. The first-order chi connectivity index (χ1) is 10.2. The summed E-state index contributed by atoms with van der Waals surface area (Å²) in [7, 11) is 0. The summed E-state index contributed by atoms with van der Waals surface area (Å²) in [5.74, 6) is 0.855. The van der Waals surface area contributed by atoms with Gasteiger partial charge in [-0.05, 0) is 37.3 Å². The Bertz CT molecular complexity index is 654. The van der Waals surface area contributed by atoms with Crippen molar-refractivity contribution in [3.8, 4) is 0 Å². The van der Waals surface area contributed by atoms with Gasteiger partial charge in [0.1, 0.15) is 11.3 Å². The second-order valence-electron chi connectivity index (χ2n) is 6.02. The van der Waals surface area contributed by atoms with E-state index in [0.29, 0.717) is 17.0 Å². The lowest BCUT2D eigenvalue weighted by Gasteiger charge is -2.14. The van der Waals surface area contributed by atoms with Crippen molar-refractivity contribution >= 4 is 17.0 Å². The zero-order valence-corrected chi connectivity index (χ0v) is 12.5. The fourth-order valence-corrected chi connectivity index (χ4v) is 3.44. The van der Waals surface area contributed by atoms with E-state index in [1.807, 2.05) is 12.1 Å². The second-order valence-corrected chi connectivity index (χ2v) is 6.02. The van der Waals surface area contributed by atoms with E-state index in [0.717, 1.165) is 30.7 Å². The molecule has 0 unspecified atom stereocenters. The van der Waals surface area contributed by atoms with Crippen LogP contribution in [0.2, 0.25) is 0 Å². The van der Waals surface area contributed by atoms with E-state index < -0.39 is 5.97 Å². The highest BCUT2D eigenvalue weighted by Crippen LogP contribution is 2.29. The molecule has 1 aromatic heterocycles. The summed E-state index contributed by atoms with van der Waals surface area (Å²) < 4.78 is 2.27. The molecule has 0 spiro atoms. The highest BCUT2D eigenvalue weighted by molar-refractivity contribution is 6.01. The molecule has 4 heteroatoms. The minimum Gasteiger partial charge on any atom is -0.478 e. The van der Waals surface area contributed by atoms with Crippen molar-refractivity contribution in [2.75, 3.05) is 0 Å². The van der Waals surface area contributed by atoms with Crippen LogP contribution in [0.4, 0.5) is 0 Å². The quantitative estimate of drug-likeness (QED) is 0.907. The number of benzene rings is 1. The fraction of sp³-hybridized carbons (Fsp3) is 0.529. The van der Waals surface area contributed by atoms with Crippen molar-refractivity contribution in [1.82, 2.24) is 9.55 Å². The summed E-state index contributed by atoms with van der Waals surface area (Å²) in [5, 5.41) is 9.35. The van der Waals surface area contributed by atoms with Gasteiger partial charge in [-0.2, -0.15) is 0 Å². The molecule has 4 nitrogen and oxygen atoms in total. The van der Waals surface area contributed by atoms with Crippen LogP contribution in [-0.4, -0.2) is 20.6 Å². The number of aromatic nitrogens is 2. The molecule has 3 rings (SSSR count). The first-order valence-electron chi connectivity index (χ1n) is 7.92. The number of rotatable bonds is 5. The Balaban J connectivity index is 2.08. The zero-order valence-electron chi connectivity index (χ0n) is 12.5. The van der Waals surface area contributed by atoms with E-state index in [1.54, 1.807) is 6.07 Å². The molecular weight excluding hydrogens is 264 g/mol. The number of aromatic carboxylic acids is 1. The fourth-order valence-electron chi connectivity index (χ4n) is 3.44. The van der Waals surface area contributed by atoms with Crippen LogP contribution in [0, 0.1) is 5.92 Å². The molecule has 1 aliphatic rings. The molecule has 1 heterocycles. The van der Waals surface area contributed by atoms with Gasteiger partial charge in [-0.15, -0.1) is 0 Å². The third-order valence-corrected chi connectivity index (χ3v) is 4.48. The monoisotopic (exact) mass is 286 g/mol. The van der Waals surface area contributed by atoms with Crippen molar-refractivity contribution in [2.45, 2.75) is 52.0 Å². The number of imidazole rings is 1. The number of carboxylic acid groups (broad SMARTS) is 1. The lowest BCUT2D eigenvalue weighted by molar-refractivity contribution is 0.0699. The average molecular weight is 286 g/mol. The molecule has 0 amide bonds. The van der Waals surface area contributed by atoms with Crippen molar-refractivity contribution < 1.29 is 9.90 Å². The molecule has 0 bridgehead atoms. The second kappa shape index (κ2) is 5.88. The van der Waals surface area contributed by atoms with Gasteiger partial charge in [0.05, 0.1) is 11.1 Å². The number of para-hydroxylation sites is 1. The third-order valence-electron chi connectivity index (χ3n) is 4.48. The zero-order chi connectivity index (χ0) is 14.8. The molecule has 0 atom stereocenters. The lowest BCUT2D eigenvalue weighted by atomic mass is 10.1. The molecule has 0 aliphatic heterocycles. The summed E-state index contributed by atoms with van der Waals surface area (Å²) in [4.78, 5) is 16.0. The van der Waals surface area contributed by atoms with Gasteiger partial charge >= 0.3 is 5.97 Å². The minimum absolute atomic E-state index is 0.315. The van der Waals surface area contributed by atoms with E-state index in [9.17, 15) is 9.90 Å². The van der Waals surface area contributed by atoms with Crippen LogP contribution in [-0.2, 0) is 13.0 Å². The van der Waals surface area contributed by atoms with Crippen LogP contribution in [0.25, 0.3) is 11.0 Å². The average Bonchev–Trinajstić information content (AvgIpc) is 3.08. The van der Waals surface area contributed by atoms with Crippen LogP contribution in [0.15, 0.2) is 18.2 Å². The van der Waals surface area contributed by atoms with Crippen LogP contribution >= 0.6 is 0 Å². The van der Waals surface area contributed by atoms with Gasteiger partial charge in [-0.1, -0.05) is 25.8 Å². The topological polar surface area (TPSA) is 55.1 Å². The standard InChI is InChI=1S/C17H22N2O2/c1-2-6-15-18-16-13(17(20)21)9-5-10-14(16)19(15)11-12-7-3-4-8-12/h5,9-10,12H,2-4,6-8,11H2,1H3,(H,20,21). The smallest absolute Gasteiger partial charge is 0.337 e. The molecule has 1 N–H and O–H groups in total. The van der Waals surface area contributed by atoms with E-state index >= 15 is 0 Å². The summed E-state index contributed by atoms with van der Waals surface area (Å²) in [6.45, 7) is 3.12. The summed E-state index contributed by atoms with van der Waals surface area (Å²) in [6, 6.07) is 5.48. The predicted molar refractivity (Wildman–Crippen MR) is 82.6 cm³/mol. The van der Waals surface area contributed by atoms with Gasteiger partial charge < -0.3 is 9.67 Å². The Labute approximate surface area is 124 Å². The van der Waals surface area contributed by atoms with Crippen LogP contribution in [0.1, 0.15) is 55.2 Å². The maximum atomic E-state index is 11.4. The van der Waals surface area contributed by atoms with E-state index in [4.69, 9.17) is 0 Å². The Morgan fingerprint density at radius 1 is 1.38 bits per heavy atom. The highest BCUT2D eigenvalue weighted by Gasteiger charge is 2.21. The summed E-state index contributed by atoms with van der Waals surface area (Å²) >= 11 is 0. The molecule has 112 valence electrons. The van der Waals surface area contributed by atoms with Gasteiger partial charge in [-0.25, -0.2) is 9.78 Å². The molecule has 1 aromatic carbocycles. The number of fused-ring (bicyclic) bond motifs is 1. The van der Waals surface area contributed by atoms with Gasteiger partial charge in [0.2, 0.25) is 0 Å². The molecular formula is C17H22N2O2. The SMILES string of the molecule is CCCc1nc2c(C(=O)O)cccc2n1CC1CCCC1. The number of carboxylic acids is 1. The molecule has 1 fully saturated rings. The Morgan fingerprint density at radius 2 is 2.14 bits per heavy atom. The number of nitrogens with zero attached hydrogens (tertiary/aromatic N) is 2. The number of hydrogen-bond donors (Lipinski definition) is 1.